The van der Waals surface area contributed by atoms with Gasteiger partial charge in [0.05, 0.1) is 28.1 Å². The third kappa shape index (κ3) is 8.04. The van der Waals surface area contributed by atoms with Crippen LogP contribution in [0.3, 0.4) is 0 Å². The second kappa shape index (κ2) is 15.7. The summed E-state index contributed by atoms with van der Waals surface area (Å²) < 4.78 is 35.7. The lowest BCUT2D eigenvalue weighted by molar-refractivity contribution is -0.0523. The molecule has 0 unspecified atom stereocenters. The number of nitrogens with zero attached hydrogens (tertiary/aromatic N) is 4. The van der Waals surface area contributed by atoms with Gasteiger partial charge in [-0.05, 0) is 124 Å². The number of amides is 1. The summed E-state index contributed by atoms with van der Waals surface area (Å²) in [6, 6.07) is 19.8. The van der Waals surface area contributed by atoms with E-state index < -0.39 is 21.5 Å². The summed E-state index contributed by atoms with van der Waals surface area (Å²) in [6.07, 6.45) is 13.1. The van der Waals surface area contributed by atoms with Gasteiger partial charge in [-0.25, -0.2) is 23.1 Å². The average Bonchev–Trinajstić information content (AvgIpc) is 3.88. The fraction of sp³-hybridized carbons (Fsp3) is 0.457. The Balaban J connectivity index is 0.887. The van der Waals surface area contributed by atoms with Crippen LogP contribution in [0, 0.1) is 11.3 Å². The van der Waals surface area contributed by atoms with Crippen LogP contribution in [0.2, 0.25) is 0 Å². The number of piperidine rings is 1. The summed E-state index contributed by atoms with van der Waals surface area (Å²) in [5, 5.41) is 14.1. The standard InChI is InChI=1S/C46H56N8O5S/c1-29(2)35-7-4-5-8-36(35)40-9-6-16-54(40)32-24-46(25-32)13-17-53(18-14-46)42-21-41(59-33-19-31-12-15-48-43(31)51-27-33)37(28-50-42)44(55)52-60(57,58)34-10-11-39(38(47)20-34)49-26-30-22-45(3,56)23-30/h4-5,7-8,10-12,15,19-21,27-30,32,40,49,56H,6,9,13-14,16-18,22-26,47H2,1-3H3,(H,48,51)(H,52,55)/t30-,40-,45+/m0/s1. The number of carbonyl (C=O) groups is 1. The average molecular weight is 833 g/mol. The minimum Gasteiger partial charge on any atom is -0.455 e. The second-order valence-electron chi connectivity index (χ2n) is 18.3. The van der Waals surface area contributed by atoms with Gasteiger partial charge in [-0.15, -0.1) is 0 Å². The number of anilines is 3. The predicted octanol–water partition coefficient (Wildman–Crippen LogP) is 7.73. The molecule has 2 saturated carbocycles. The van der Waals surface area contributed by atoms with E-state index in [4.69, 9.17) is 15.5 Å². The van der Waals surface area contributed by atoms with E-state index in [2.05, 4.69) is 67.9 Å². The number of aromatic nitrogens is 3. The molecule has 14 heteroatoms. The maximum atomic E-state index is 13.8. The van der Waals surface area contributed by atoms with E-state index in [-0.39, 0.29) is 21.9 Å². The lowest BCUT2D eigenvalue weighted by atomic mass is 9.60. The van der Waals surface area contributed by atoms with Crippen molar-refractivity contribution in [1.29, 1.82) is 0 Å². The molecule has 2 aliphatic heterocycles. The zero-order valence-electron chi connectivity index (χ0n) is 34.7. The minimum absolute atomic E-state index is 0.0337. The maximum absolute atomic E-state index is 13.8. The fourth-order valence-electron chi connectivity index (χ4n) is 10.3. The highest BCUT2D eigenvalue weighted by atomic mass is 32.2. The maximum Gasteiger partial charge on any atom is 0.270 e. The second-order valence-corrected chi connectivity index (χ2v) is 20.0. The number of rotatable bonds is 12. The largest absolute Gasteiger partial charge is 0.455 e. The molecule has 2 saturated heterocycles. The lowest BCUT2D eigenvalue weighted by Crippen LogP contribution is -2.55. The van der Waals surface area contributed by atoms with E-state index in [1.165, 1.54) is 55.1 Å². The molecule has 4 aliphatic rings. The number of nitrogen functional groups attached to an aromatic ring is 1. The number of sulfonamides is 1. The number of hydrogen-bond acceptors (Lipinski definition) is 11. The highest BCUT2D eigenvalue weighted by Gasteiger charge is 2.50. The van der Waals surface area contributed by atoms with Crippen molar-refractivity contribution in [1.82, 2.24) is 24.6 Å². The first-order valence-corrected chi connectivity index (χ1v) is 22.9. The Bertz CT molecular complexity index is 2500. The van der Waals surface area contributed by atoms with Gasteiger partial charge in [0.1, 0.15) is 28.5 Å². The van der Waals surface area contributed by atoms with E-state index in [0.29, 0.717) is 71.6 Å². The van der Waals surface area contributed by atoms with Crippen LogP contribution in [0.4, 0.5) is 17.2 Å². The molecule has 2 aliphatic carbocycles. The van der Waals surface area contributed by atoms with Gasteiger partial charge in [-0.3, -0.25) is 9.69 Å². The van der Waals surface area contributed by atoms with Gasteiger partial charge in [-0.2, -0.15) is 0 Å². The Labute approximate surface area is 352 Å². The number of benzene rings is 2. The minimum atomic E-state index is -4.33. The van der Waals surface area contributed by atoms with Gasteiger partial charge in [0, 0.05) is 55.6 Å². The molecule has 5 aromatic rings. The third-order valence-electron chi connectivity index (χ3n) is 13.5. The Kier molecular flexibility index (Phi) is 10.5. The van der Waals surface area contributed by atoms with Gasteiger partial charge in [-0.1, -0.05) is 38.1 Å². The Morgan fingerprint density at radius 1 is 1.02 bits per heavy atom. The summed E-state index contributed by atoms with van der Waals surface area (Å²) in [4.78, 5) is 30.9. The smallest absolute Gasteiger partial charge is 0.270 e. The molecule has 60 heavy (non-hydrogen) atoms. The van der Waals surface area contributed by atoms with E-state index in [1.807, 2.05) is 19.1 Å². The fourth-order valence-corrected chi connectivity index (χ4v) is 11.3. The van der Waals surface area contributed by atoms with Crippen molar-refractivity contribution in [2.24, 2.45) is 11.3 Å². The number of pyridine rings is 2. The Morgan fingerprint density at radius 3 is 2.55 bits per heavy atom. The van der Waals surface area contributed by atoms with Gasteiger partial charge in [0.15, 0.2) is 0 Å². The summed E-state index contributed by atoms with van der Waals surface area (Å²) >= 11 is 0. The number of carbonyl (C=O) groups excluding carboxylic acids is 1. The molecule has 0 radical (unpaired) electrons. The summed E-state index contributed by atoms with van der Waals surface area (Å²) in [6.45, 7) is 9.81. The van der Waals surface area contributed by atoms with Crippen molar-refractivity contribution in [2.45, 2.75) is 101 Å². The summed E-state index contributed by atoms with van der Waals surface area (Å²) in [5.41, 5.74) is 10.4. The molecule has 9 rings (SSSR count). The molecule has 1 spiro atoms. The highest BCUT2D eigenvalue weighted by molar-refractivity contribution is 7.90. The van der Waals surface area contributed by atoms with Crippen molar-refractivity contribution in [2.75, 3.05) is 42.1 Å². The number of aromatic amines is 1. The van der Waals surface area contributed by atoms with Crippen LogP contribution in [0.5, 0.6) is 11.5 Å². The molecule has 0 bridgehead atoms. The first kappa shape index (κ1) is 40.2. The molecule has 5 heterocycles. The number of hydrogen-bond donors (Lipinski definition) is 5. The van der Waals surface area contributed by atoms with Crippen molar-refractivity contribution >= 4 is 44.2 Å². The molecule has 4 fully saturated rings. The Hall–Kier alpha value is -5.18. The molecular formula is C46H56N8O5S. The Morgan fingerprint density at radius 2 is 1.80 bits per heavy atom. The van der Waals surface area contributed by atoms with Crippen molar-refractivity contribution in [3.8, 4) is 11.5 Å². The van der Waals surface area contributed by atoms with Crippen LogP contribution >= 0.6 is 0 Å². The van der Waals surface area contributed by atoms with Gasteiger partial charge >= 0.3 is 0 Å². The molecule has 6 N–H and O–H groups in total. The number of H-pyrrole nitrogens is 1. The molecule has 2 aromatic carbocycles. The van der Waals surface area contributed by atoms with Gasteiger partial charge in [0.2, 0.25) is 0 Å². The van der Waals surface area contributed by atoms with Crippen LogP contribution in [-0.2, 0) is 10.0 Å². The van der Waals surface area contributed by atoms with Crippen LogP contribution in [0.1, 0.15) is 106 Å². The molecule has 316 valence electrons. The van der Waals surface area contributed by atoms with Crippen LogP contribution in [0.25, 0.3) is 11.0 Å². The highest BCUT2D eigenvalue weighted by Crippen LogP contribution is 2.54. The predicted molar refractivity (Wildman–Crippen MR) is 234 cm³/mol. The molecule has 3 aromatic heterocycles. The number of fused-ring (bicyclic) bond motifs is 1. The molecule has 1 atom stereocenters. The summed E-state index contributed by atoms with van der Waals surface area (Å²) in [5.74, 6) is 1.15. The van der Waals surface area contributed by atoms with Gasteiger partial charge < -0.3 is 30.8 Å². The van der Waals surface area contributed by atoms with E-state index in [0.717, 1.165) is 37.9 Å². The number of nitrogens with one attached hydrogen (secondary N) is 3. The molecule has 13 nitrogen and oxygen atoms in total. The zero-order chi connectivity index (χ0) is 41.8. The first-order valence-electron chi connectivity index (χ1n) is 21.4. The number of ether oxygens (including phenoxy) is 1. The summed E-state index contributed by atoms with van der Waals surface area (Å²) in [7, 11) is -4.33. The quantitative estimate of drug-likeness (QED) is 0.0777. The van der Waals surface area contributed by atoms with Crippen molar-refractivity contribution in [3.63, 3.8) is 0 Å². The van der Waals surface area contributed by atoms with Gasteiger partial charge in [0.25, 0.3) is 15.9 Å². The van der Waals surface area contributed by atoms with Crippen LogP contribution in [0.15, 0.2) is 84.1 Å². The van der Waals surface area contributed by atoms with E-state index in [9.17, 15) is 18.3 Å². The van der Waals surface area contributed by atoms with E-state index in [1.54, 1.807) is 24.5 Å². The van der Waals surface area contributed by atoms with Crippen LogP contribution in [-0.4, -0.2) is 77.1 Å². The zero-order valence-corrected chi connectivity index (χ0v) is 35.5. The molecule has 1 amide bonds. The number of nitrogens with two attached hydrogens (primary N) is 1. The normalized spacial score (nSPS) is 23.1. The van der Waals surface area contributed by atoms with Crippen molar-refractivity contribution in [3.05, 3.63) is 95.9 Å². The monoisotopic (exact) mass is 832 g/mol. The van der Waals surface area contributed by atoms with Crippen molar-refractivity contribution < 1.29 is 23.1 Å². The lowest BCUT2D eigenvalue weighted by Gasteiger charge is -2.56. The number of likely N-dealkylation sites (tertiary alicyclic amines) is 1. The third-order valence-corrected chi connectivity index (χ3v) is 14.9. The number of aliphatic hydroxyl groups is 1. The first-order chi connectivity index (χ1) is 28.7. The van der Waals surface area contributed by atoms with Crippen LogP contribution < -0.4 is 25.4 Å². The van der Waals surface area contributed by atoms with E-state index >= 15 is 0 Å². The SMILES string of the molecule is CC(C)c1ccccc1[C@@H]1CCCN1C1CC2(CCN(c3cc(Oc4cnc5[nH]ccc5c4)c(C(=O)NS(=O)(=O)c4ccc(NC[C@H]5C[C@@](C)(O)C5)c(N)c4)cn3)CC2)C1. The molecular weight excluding hydrogens is 777 g/mol. The topological polar surface area (TPSA) is 179 Å².